The standard InChI is InChI=1S/C35H33N/c1-23-16-25(13-15-34(23)36(29-8-4-2-5-9-29)30-10-6-3-7-11-30)26-12-14-31-32(19-26)27-17-24-18-28-20-33(31)35(28,21-24)22-27/h2-16,19,24,27-28,33H,17-18,20-22H2,1H3. The van der Waals surface area contributed by atoms with Crippen molar-refractivity contribution >= 4 is 17.1 Å². The van der Waals surface area contributed by atoms with E-state index in [2.05, 4.69) is 109 Å². The van der Waals surface area contributed by atoms with Crippen molar-refractivity contribution in [3.8, 4) is 11.1 Å². The molecule has 0 amide bonds. The molecule has 3 saturated carbocycles. The molecule has 1 spiro atoms. The van der Waals surface area contributed by atoms with Crippen molar-refractivity contribution in [1.29, 1.82) is 0 Å². The Kier molecular flexibility index (Phi) is 4.39. The van der Waals surface area contributed by atoms with E-state index in [0.717, 1.165) is 23.7 Å². The Balaban J connectivity index is 1.18. The molecule has 0 aliphatic heterocycles. The summed E-state index contributed by atoms with van der Waals surface area (Å²) in [5, 5.41) is 0. The van der Waals surface area contributed by atoms with Crippen LogP contribution >= 0.6 is 0 Å². The zero-order valence-electron chi connectivity index (χ0n) is 21.0. The molecule has 3 bridgehead atoms. The number of anilines is 3. The lowest BCUT2D eigenvalue weighted by Crippen LogP contribution is -2.48. The number of benzene rings is 4. The summed E-state index contributed by atoms with van der Waals surface area (Å²) in [6.45, 7) is 2.26. The molecule has 4 aliphatic carbocycles. The van der Waals surface area contributed by atoms with Gasteiger partial charge in [-0.3, -0.25) is 0 Å². The molecule has 0 saturated heterocycles. The van der Waals surface area contributed by atoms with Crippen molar-refractivity contribution in [2.45, 2.75) is 50.9 Å². The number of hydrogen-bond donors (Lipinski definition) is 0. The predicted octanol–water partition coefficient (Wildman–Crippen LogP) is 9.52. The quantitative estimate of drug-likeness (QED) is 0.289. The van der Waals surface area contributed by atoms with E-state index >= 15 is 0 Å². The highest BCUT2D eigenvalue weighted by atomic mass is 15.1. The van der Waals surface area contributed by atoms with Crippen LogP contribution in [0, 0.1) is 24.2 Å². The third kappa shape index (κ3) is 2.89. The van der Waals surface area contributed by atoms with Crippen LogP contribution in [-0.4, -0.2) is 0 Å². The van der Waals surface area contributed by atoms with E-state index < -0.39 is 0 Å². The lowest BCUT2D eigenvalue weighted by Gasteiger charge is -2.59. The second-order valence-electron chi connectivity index (χ2n) is 12.0. The van der Waals surface area contributed by atoms with E-state index in [9.17, 15) is 0 Å². The van der Waals surface area contributed by atoms with Gasteiger partial charge in [0.25, 0.3) is 0 Å². The van der Waals surface area contributed by atoms with E-state index in [1.54, 1.807) is 11.1 Å². The molecular weight excluding hydrogens is 434 g/mol. The average Bonchev–Trinajstić information content (AvgIpc) is 3.14. The maximum Gasteiger partial charge on any atom is 0.0491 e. The summed E-state index contributed by atoms with van der Waals surface area (Å²) < 4.78 is 0. The number of nitrogens with zero attached hydrogens (tertiary/aromatic N) is 1. The molecular formula is C35H33N. The minimum absolute atomic E-state index is 0.693. The molecule has 0 N–H and O–H groups in total. The first-order valence-electron chi connectivity index (χ1n) is 13.8. The molecule has 4 aliphatic rings. The summed E-state index contributed by atoms with van der Waals surface area (Å²) in [5.74, 6) is 3.69. The van der Waals surface area contributed by atoms with E-state index in [4.69, 9.17) is 0 Å². The van der Waals surface area contributed by atoms with E-state index in [-0.39, 0.29) is 0 Å². The van der Waals surface area contributed by atoms with Gasteiger partial charge >= 0.3 is 0 Å². The van der Waals surface area contributed by atoms with Gasteiger partial charge in [0, 0.05) is 17.1 Å². The summed E-state index contributed by atoms with van der Waals surface area (Å²) in [6.07, 6.45) is 7.41. The van der Waals surface area contributed by atoms with Crippen molar-refractivity contribution < 1.29 is 0 Å². The van der Waals surface area contributed by atoms with E-state index in [1.807, 2.05) is 0 Å². The van der Waals surface area contributed by atoms with Gasteiger partial charge in [-0.2, -0.15) is 0 Å². The summed E-state index contributed by atoms with van der Waals surface area (Å²) >= 11 is 0. The fourth-order valence-electron chi connectivity index (χ4n) is 8.82. The lowest BCUT2D eigenvalue weighted by atomic mass is 9.45. The Hall–Kier alpha value is -3.32. The van der Waals surface area contributed by atoms with Crippen LogP contribution in [0.15, 0.2) is 97.1 Å². The molecule has 3 fully saturated rings. The summed E-state index contributed by atoms with van der Waals surface area (Å²) in [6, 6.07) is 36.0. The third-order valence-corrected chi connectivity index (χ3v) is 10.3. The number of hydrogen-bond acceptors (Lipinski definition) is 1. The van der Waals surface area contributed by atoms with E-state index in [1.165, 1.54) is 65.9 Å². The summed E-state index contributed by atoms with van der Waals surface area (Å²) in [7, 11) is 0. The first-order chi connectivity index (χ1) is 17.7. The molecule has 5 atom stereocenters. The van der Waals surface area contributed by atoms with Crippen LogP contribution in [0.5, 0.6) is 0 Å². The molecule has 8 rings (SSSR count). The average molecular weight is 468 g/mol. The molecule has 0 radical (unpaired) electrons. The summed E-state index contributed by atoms with van der Waals surface area (Å²) in [4.78, 5) is 2.37. The SMILES string of the molecule is Cc1cc(-c2ccc3c(c2)C2CC4CC5CC3C5(C4)C2)ccc1N(c1ccccc1)c1ccccc1. The Labute approximate surface area is 214 Å². The zero-order chi connectivity index (χ0) is 23.9. The van der Waals surface area contributed by atoms with Crippen LogP contribution < -0.4 is 4.90 Å². The molecule has 4 aromatic carbocycles. The van der Waals surface area contributed by atoms with Gasteiger partial charge in [-0.25, -0.2) is 0 Å². The molecule has 0 aromatic heterocycles. The van der Waals surface area contributed by atoms with Gasteiger partial charge in [-0.1, -0.05) is 60.7 Å². The van der Waals surface area contributed by atoms with Gasteiger partial charge < -0.3 is 4.90 Å². The van der Waals surface area contributed by atoms with Gasteiger partial charge in [0.2, 0.25) is 0 Å². The van der Waals surface area contributed by atoms with Crippen LogP contribution in [0.25, 0.3) is 11.1 Å². The highest BCUT2D eigenvalue weighted by Gasteiger charge is 2.65. The fourth-order valence-corrected chi connectivity index (χ4v) is 8.82. The van der Waals surface area contributed by atoms with Crippen molar-refractivity contribution in [3.63, 3.8) is 0 Å². The number of aryl methyl sites for hydroxylation is 1. The van der Waals surface area contributed by atoms with Crippen LogP contribution in [-0.2, 0) is 0 Å². The van der Waals surface area contributed by atoms with Crippen LogP contribution in [0.3, 0.4) is 0 Å². The molecule has 1 heteroatoms. The molecule has 178 valence electrons. The number of rotatable bonds is 4. The molecule has 4 aromatic rings. The molecule has 5 unspecified atom stereocenters. The number of fused-ring (bicyclic) bond motifs is 5. The first-order valence-corrected chi connectivity index (χ1v) is 13.8. The fraction of sp³-hybridized carbons (Fsp3) is 0.314. The van der Waals surface area contributed by atoms with Gasteiger partial charge in [0.15, 0.2) is 0 Å². The Morgan fingerprint density at radius 2 is 1.36 bits per heavy atom. The number of para-hydroxylation sites is 2. The van der Waals surface area contributed by atoms with E-state index in [0.29, 0.717) is 5.41 Å². The largest absolute Gasteiger partial charge is 0.310 e. The highest BCUT2D eigenvalue weighted by molar-refractivity contribution is 5.80. The second kappa shape index (κ2) is 7.59. The van der Waals surface area contributed by atoms with Crippen molar-refractivity contribution in [3.05, 3.63) is 114 Å². The van der Waals surface area contributed by atoms with Gasteiger partial charge in [-0.05, 0) is 132 Å². The van der Waals surface area contributed by atoms with Crippen molar-refractivity contribution in [1.82, 2.24) is 0 Å². The maximum absolute atomic E-state index is 2.57. The highest BCUT2D eigenvalue weighted by Crippen LogP contribution is 2.76. The Bertz CT molecular complexity index is 1420. The minimum Gasteiger partial charge on any atom is -0.310 e. The van der Waals surface area contributed by atoms with Crippen LogP contribution in [0.1, 0.15) is 60.6 Å². The van der Waals surface area contributed by atoms with Gasteiger partial charge in [0.05, 0.1) is 0 Å². The minimum atomic E-state index is 0.693. The predicted molar refractivity (Wildman–Crippen MR) is 149 cm³/mol. The van der Waals surface area contributed by atoms with Gasteiger partial charge in [-0.15, -0.1) is 0 Å². The topological polar surface area (TPSA) is 3.24 Å². The van der Waals surface area contributed by atoms with Crippen LogP contribution in [0.4, 0.5) is 17.1 Å². The smallest absolute Gasteiger partial charge is 0.0491 e. The monoisotopic (exact) mass is 467 g/mol. The van der Waals surface area contributed by atoms with Crippen molar-refractivity contribution in [2.75, 3.05) is 4.90 Å². The first kappa shape index (κ1) is 20.8. The molecule has 1 nitrogen and oxygen atoms in total. The zero-order valence-corrected chi connectivity index (χ0v) is 21.0. The Morgan fingerprint density at radius 3 is 2.08 bits per heavy atom. The summed E-state index contributed by atoms with van der Waals surface area (Å²) in [5.41, 5.74) is 11.7. The Morgan fingerprint density at radius 1 is 0.667 bits per heavy atom. The molecule has 0 heterocycles. The third-order valence-electron chi connectivity index (χ3n) is 10.3. The molecule has 36 heavy (non-hydrogen) atoms. The second-order valence-corrected chi connectivity index (χ2v) is 12.0. The maximum atomic E-state index is 2.57. The lowest BCUT2D eigenvalue weighted by molar-refractivity contribution is -0.0117. The van der Waals surface area contributed by atoms with Crippen molar-refractivity contribution in [2.24, 2.45) is 17.3 Å². The normalized spacial score (nSPS) is 28.8. The van der Waals surface area contributed by atoms with Gasteiger partial charge in [0.1, 0.15) is 0 Å². The van der Waals surface area contributed by atoms with Crippen LogP contribution in [0.2, 0.25) is 0 Å².